The number of benzene rings is 4. The average molecular weight is 723 g/mol. The van der Waals surface area contributed by atoms with Gasteiger partial charge in [0.15, 0.2) is 11.6 Å². The Balaban J connectivity index is 1.50. The van der Waals surface area contributed by atoms with Crippen LogP contribution >= 0.6 is 0 Å². The fourth-order valence-electron chi connectivity index (χ4n) is 5.90. The molecule has 5 atom stereocenters. The second kappa shape index (κ2) is 15.8. The lowest BCUT2D eigenvalue weighted by molar-refractivity contribution is -0.277. The molecular weight excluding hydrogens is 684 g/mol. The number of hydrogen-bond donors (Lipinski definition) is 11. The molecular formula is C37H38O15. The van der Waals surface area contributed by atoms with Gasteiger partial charge in [-0.25, -0.2) is 0 Å². The number of aliphatic hydroxyl groups is 4. The Bertz CT molecular complexity index is 1920. The fraction of sp³-hybridized carbons (Fsp3) is 0.297. The van der Waals surface area contributed by atoms with Gasteiger partial charge in [-0.3, -0.25) is 9.59 Å². The van der Waals surface area contributed by atoms with E-state index in [1.54, 1.807) is 24.3 Å². The predicted octanol–water partition coefficient (Wildman–Crippen LogP) is 2.03. The van der Waals surface area contributed by atoms with Crippen molar-refractivity contribution in [2.75, 3.05) is 6.61 Å². The summed E-state index contributed by atoms with van der Waals surface area (Å²) in [5, 5.41) is 115. The first-order chi connectivity index (χ1) is 24.7. The lowest BCUT2D eigenvalue weighted by Gasteiger charge is -2.39. The van der Waals surface area contributed by atoms with E-state index in [2.05, 4.69) is 0 Å². The first kappa shape index (κ1) is 37.7. The van der Waals surface area contributed by atoms with E-state index in [1.165, 1.54) is 24.3 Å². The number of carbonyl (C=O) groups is 2. The largest absolute Gasteiger partial charge is 0.508 e. The Kier molecular flexibility index (Phi) is 11.4. The van der Waals surface area contributed by atoms with Crippen LogP contribution in [0.2, 0.25) is 0 Å². The number of aromatic hydroxyl groups is 7. The van der Waals surface area contributed by atoms with Gasteiger partial charge in [0, 0.05) is 42.5 Å². The van der Waals surface area contributed by atoms with E-state index in [9.17, 15) is 65.8 Å². The number of hydrogen-bond acceptors (Lipinski definition) is 15. The lowest BCUT2D eigenvalue weighted by atomic mass is 9.92. The molecule has 0 saturated carbocycles. The van der Waals surface area contributed by atoms with Crippen LogP contribution in [0.5, 0.6) is 46.0 Å². The molecule has 1 heterocycles. The van der Waals surface area contributed by atoms with Crippen LogP contribution in [0.25, 0.3) is 0 Å². The quantitative estimate of drug-likeness (QED) is 0.0881. The van der Waals surface area contributed by atoms with Crippen LogP contribution in [-0.2, 0) is 24.0 Å². The number of phenols is 7. The zero-order valence-electron chi connectivity index (χ0n) is 27.5. The van der Waals surface area contributed by atoms with Gasteiger partial charge in [0.2, 0.25) is 6.29 Å². The van der Waals surface area contributed by atoms with E-state index >= 15 is 0 Å². The van der Waals surface area contributed by atoms with E-state index in [0.29, 0.717) is 11.1 Å². The van der Waals surface area contributed by atoms with Gasteiger partial charge in [-0.05, 0) is 48.2 Å². The van der Waals surface area contributed by atoms with Crippen LogP contribution in [0, 0.1) is 0 Å². The molecule has 1 aliphatic heterocycles. The molecule has 1 fully saturated rings. The summed E-state index contributed by atoms with van der Waals surface area (Å²) in [6.07, 6.45) is -9.61. The van der Waals surface area contributed by atoms with Crippen LogP contribution < -0.4 is 4.74 Å². The van der Waals surface area contributed by atoms with E-state index < -0.39 is 112 Å². The molecule has 4 aromatic carbocycles. The van der Waals surface area contributed by atoms with Crippen LogP contribution in [-0.4, -0.2) is 105 Å². The third kappa shape index (κ3) is 7.98. The van der Waals surface area contributed by atoms with Gasteiger partial charge in [-0.2, -0.15) is 0 Å². The number of rotatable bonds is 13. The highest BCUT2D eigenvalue weighted by Crippen LogP contribution is 2.45. The highest BCUT2D eigenvalue weighted by molar-refractivity contribution is 6.03. The summed E-state index contributed by atoms with van der Waals surface area (Å²) in [6.45, 7) is -0.792. The van der Waals surface area contributed by atoms with E-state index in [0.717, 1.165) is 12.1 Å². The summed E-state index contributed by atoms with van der Waals surface area (Å²) in [6, 6.07) is 13.7. The fourth-order valence-corrected chi connectivity index (χ4v) is 5.90. The summed E-state index contributed by atoms with van der Waals surface area (Å²) < 4.78 is 11.1. The van der Waals surface area contributed by atoms with Gasteiger partial charge >= 0.3 is 0 Å². The summed E-state index contributed by atoms with van der Waals surface area (Å²) >= 11 is 0. The maximum Gasteiger partial charge on any atom is 0.229 e. The number of aliphatic hydroxyl groups excluding tert-OH is 4. The highest BCUT2D eigenvalue weighted by Gasteiger charge is 2.45. The second-order valence-electron chi connectivity index (χ2n) is 12.4. The van der Waals surface area contributed by atoms with Crippen LogP contribution in [0.4, 0.5) is 0 Å². The van der Waals surface area contributed by atoms with Gasteiger partial charge in [-0.15, -0.1) is 0 Å². The third-order valence-corrected chi connectivity index (χ3v) is 8.86. The summed E-state index contributed by atoms with van der Waals surface area (Å²) in [5.41, 5.74) is -0.616. The van der Waals surface area contributed by atoms with Crippen molar-refractivity contribution in [2.24, 2.45) is 0 Å². The topological polar surface area (TPSA) is 275 Å². The zero-order chi connectivity index (χ0) is 37.9. The van der Waals surface area contributed by atoms with Crippen molar-refractivity contribution < 1.29 is 75.2 Å². The molecule has 0 bridgehead atoms. The van der Waals surface area contributed by atoms with Crippen molar-refractivity contribution >= 4 is 11.6 Å². The standard InChI is InChI=1S/C37H38O15/c38-16-29-34(48)35(49)36(50)37(52-29)51-28-15-26(44)22(33(47)31(28)24(42)12-6-18-3-9-20(40)10-4-18)13-21-25(43)14-27(45)30(32(21)46)23(41)11-5-17-1-7-19(39)8-2-17/h1-4,7-10,14-15,29,34-40,43-50H,5-6,11-13,16H2/t29-,34-,35+,36-,37-/m1/s1. The molecule has 0 spiro atoms. The Labute approximate surface area is 296 Å². The predicted molar refractivity (Wildman–Crippen MR) is 180 cm³/mol. The zero-order valence-corrected chi connectivity index (χ0v) is 27.5. The second-order valence-corrected chi connectivity index (χ2v) is 12.4. The van der Waals surface area contributed by atoms with Crippen molar-refractivity contribution in [3.8, 4) is 46.0 Å². The summed E-state index contributed by atoms with van der Waals surface area (Å²) in [5.74, 6) is -5.95. The third-order valence-electron chi connectivity index (χ3n) is 8.86. The molecule has 52 heavy (non-hydrogen) atoms. The molecule has 4 aromatic rings. The minimum absolute atomic E-state index is 0.00551. The smallest absolute Gasteiger partial charge is 0.229 e. The molecule has 0 aromatic heterocycles. The Morgan fingerprint density at radius 2 is 1.10 bits per heavy atom. The first-order valence-corrected chi connectivity index (χ1v) is 16.1. The summed E-state index contributed by atoms with van der Waals surface area (Å²) in [7, 11) is 0. The molecule has 0 radical (unpaired) electrons. The Morgan fingerprint density at radius 3 is 1.62 bits per heavy atom. The molecule has 15 heteroatoms. The maximum absolute atomic E-state index is 13.7. The van der Waals surface area contributed by atoms with Gasteiger partial charge < -0.3 is 65.6 Å². The van der Waals surface area contributed by atoms with Crippen molar-refractivity contribution in [3.05, 3.63) is 94.0 Å². The Morgan fingerprint density at radius 1 is 0.615 bits per heavy atom. The van der Waals surface area contributed by atoms with Crippen molar-refractivity contribution in [1.29, 1.82) is 0 Å². The lowest BCUT2D eigenvalue weighted by Crippen LogP contribution is -2.60. The number of carbonyl (C=O) groups excluding carboxylic acids is 2. The number of Topliss-reactive ketones (excluding diaryl/α,β-unsaturated/α-hetero) is 2. The molecule has 0 unspecified atom stereocenters. The Hall–Kier alpha value is -5.58. The molecule has 1 saturated heterocycles. The average Bonchev–Trinajstić information content (AvgIpc) is 3.10. The first-order valence-electron chi connectivity index (χ1n) is 16.1. The molecule has 276 valence electrons. The van der Waals surface area contributed by atoms with Gasteiger partial charge in [0.05, 0.1) is 6.61 Å². The molecule has 5 rings (SSSR count). The van der Waals surface area contributed by atoms with E-state index in [-0.39, 0.29) is 37.2 Å². The van der Waals surface area contributed by atoms with E-state index in [4.69, 9.17) is 9.47 Å². The van der Waals surface area contributed by atoms with Crippen LogP contribution in [0.1, 0.15) is 55.8 Å². The van der Waals surface area contributed by atoms with Crippen molar-refractivity contribution in [1.82, 2.24) is 0 Å². The number of phenolic OH excluding ortho intramolecular Hbond substituents is 7. The maximum atomic E-state index is 13.7. The van der Waals surface area contributed by atoms with Crippen LogP contribution in [0.15, 0.2) is 60.7 Å². The monoisotopic (exact) mass is 722 g/mol. The molecule has 15 nitrogen and oxygen atoms in total. The number of ether oxygens (including phenoxy) is 2. The van der Waals surface area contributed by atoms with E-state index in [1.807, 2.05) is 0 Å². The minimum Gasteiger partial charge on any atom is -0.508 e. The molecule has 0 aliphatic carbocycles. The van der Waals surface area contributed by atoms with Crippen LogP contribution in [0.3, 0.4) is 0 Å². The highest BCUT2D eigenvalue weighted by atomic mass is 16.7. The molecule has 0 amide bonds. The number of ketones is 2. The van der Waals surface area contributed by atoms with Gasteiger partial charge in [0.25, 0.3) is 0 Å². The normalized spacial score (nSPS) is 20.0. The minimum atomic E-state index is -1.92. The number of aryl methyl sites for hydroxylation is 2. The summed E-state index contributed by atoms with van der Waals surface area (Å²) in [4.78, 5) is 26.9. The van der Waals surface area contributed by atoms with Crippen molar-refractivity contribution in [2.45, 2.75) is 62.8 Å². The van der Waals surface area contributed by atoms with Gasteiger partial charge in [0.1, 0.15) is 81.5 Å². The SMILES string of the molecule is O=C(CCc1ccc(O)cc1)c1c(O)cc(O)c(Cc2c(O)cc(O[C@@H]3O[C@H](CO)[C@@H](O)[C@H](O)[C@H]3O)c(C(=O)CCc3ccc(O)cc3)c2O)c1O. The van der Waals surface area contributed by atoms with Gasteiger partial charge in [-0.1, -0.05) is 24.3 Å². The van der Waals surface area contributed by atoms with Crippen molar-refractivity contribution in [3.63, 3.8) is 0 Å². The molecule has 1 aliphatic rings. The molecule has 11 N–H and O–H groups in total.